The summed E-state index contributed by atoms with van der Waals surface area (Å²) in [6.45, 7) is 2.49. The second-order valence-corrected chi connectivity index (χ2v) is 9.10. The molecular formula is C28H36N2O8. The number of carbonyl (C=O) groups is 2. The van der Waals surface area contributed by atoms with E-state index < -0.39 is 6.09 Å². The van der Waals surface area contributed by atoms with Crippen molar-refractivity contribution in [1.82, 2.24) is 10.2 Å². The van der Waals surface area contributed by atoms with Crippen LogP contribution in [0, 0.1) is 0 Å². The Morgan fingerprint density at radius 2 is 1.76 bits per heavy atom. The minimum Gasteiger partial charge on any atom is -0.497 e. The first-order valence-electron chi connectivity index (χ1n) is 12.8. The SMILES string of the molecule is COc1ccc2c(c1)[C@@H](NC(=O)OCCCC(=O)N1CCOCC1)CCc1cc(OC)c(OC)c(OC)c1-2. The van der Waals surface area contributed by atoms with Gasteiger partial charge in [-0.2, -0.15) is 0 Å². The van der Waals surface area contributed by atoms with Crippen molar-refractivity contribution in [3.63, 3.8) is 0 Å². The average Bonchev–Trinajstić information content (AvgIpc) is 3.10. The molecule has 4 rings (SSSR count). The third-order valence-corrected chi connectivity index (χ3v) is 6.94. The number of fused-ring (bicyclic) bond motifs is 3. The van der Waals surface area contributed by atoms with Crippen LogP contribution >= 0.6 is 0 Å². The van der Waals surface area contributed by atoms with Crippen LogP contribution < -0.4 is 24.3 Å². The number of hydrogen-bond acceptors (Lipinski definition) is 8. The van der Waals surface area contributed by atoms with Gasteiger partial charge in [-0.25, -0.2) is 4.79 Å². The smallest absolute Gasteiger partial charge is 0.407 e. The van der Waals surface area contributed by atoms with Crippen LogP contribution in [0.2, 0.25) is 0 Å². The Morgan fingerprint density at radius 3 is 2.45 bits per heavy atom. The highest BCUT2D eigenvalue weighted by molar-refractivity contribution is 5.83. The van der Waals surface area contributed by atoms with Crippen molar-refractivity contribution >= 4 is 12.0 Å². The number of alkyl carbamates (subject to hydrolysis) is 1. The van der Waals surface area contributed by atoms with Gasteiger partial charge in [0.05, 0.1) is 54.3 Å². The van der Waals surface area contributed by atoms with Crippen LogP contribution in [-0.4, -0.2) is 78.2 Å². The highest BCUT2D eigenvalue weighted by atomic mass is 16.5. The summed E-state index contributed by atoms with van der Waals surface area (Å²) in [5.41, 5.74) is 3.69. The van der Waals surface area contributed by atoms with Gasteiger partial charge in [0.2, 0.25) is 11.7 Å². The first-order valence-corrected chi connectivity index (χ1v) is 12.8. The number of benzene rings is 2. The zero-order chi connectivity index (χ0) is 27.1. The van der Waals surface area contributed by atoms with Crippen LogP contribution in [0.4, 0.5) is 4.79 Å². The third-order valence-electron chi connectivity index (χ3n) is 6.94. The molecular weight excluding hydrogens is 492 g/mol. The number of rotatable bonds is 9. The van der Waals surface area contributed by atoms with Crippen LogP contribution in [0.5, 0.6) is 23.0 Å². The second kappa shape index (κ2) is 12.7. The van der Waals surface area contributed by atoms with Gasteiger partial charge in [0.1, 0.15) is 5.75 Å². The number of methoxy groups -OCH3 is 4. The van der Waals surface area contributed by atoms with Crippen molar-refractivity contribution in [2.24, 2.45) is 0 Å². The van der Waals surface area contributed by atoms with Crippen LogP contribution in [0.1, 0.15) is 36.4 Å². The maximum atomic E-state index is 12.8. The van der Waals surface area contributed by atoms with Gasteiger partial charge in [-0.05, 0) is 54.2 Å². The monoisotopic (exact) mass is 528 g/mol. The van der Waals surface area contributed by atoms with Crippen LogP contribution in [0.25, 0.3) is 11.1 Å². The lowest BCUT2D eigenvalue weighted by atomic mass is 9.93. The molecule has 2 aliphatic rings. The van der Waals surface area contributed by atoms with Gasteiger partial charge in [0.25, 0.3) is 0 Å². The number of nitrogens with one attached hydrogen (secondary N) is 1. The molecule has 1 fully saturated rings. The Balaban J connectivity index is 1.50. The maximum absolute atomic E-state index is 12.8. The minimum absolute atomic E-state index is 0.0552. The van der Waals surface area contributed by atoms with E-state index in [1.165, 1.54) is 0 Å². The van der Waals surface area contributed by atoms with E-state index in [0.717, 1.165) is 22.3 Å². The summed E-state index contributed by atoms with van der Waals surface area (Å²) in [5, 5.41) is 3.02. The van der Waals surface area contributed by atoms with Gasteiger partial charge in [-0.3, -0.25) is 4.79 Å². The lowest BCUT2D eigenvalue weighted by molar-refractivity contribution is -0.135. The number of hydrogen-bond donors (Lipinski definition) is 1. The molecule has 10 heteroatoms. The molecule has 1 aliphatic carbocycles. The Labute approximate surface area is 223 Å². The molecule has 2 aromatic carbocycles. The Kier molecular flexibility index (Phi) is 9.17. The number of amides is 2. The molecule has 1 saturated heterocycles. The Morgan fingerprint density at radius 1 is 1.00 bits per heavy atom. The van der Waals surface area contributed by atoms with Crippen molar-refractivity contribution in [3.8, 4) is 34.1 Å². The van der Waals surface area contributed by atoms with E-state index in [1.54, 1.807) is 33.3 Å². The predicted molar refractivity (Wildman–Crippen MR) is 140 cm³/mol. The van der Waals surface area contributed by atoms with E-state index >= 15 is 0 Å². The molecule has 0 radical (unpaired) electrons. The van der Waals surface area contributed by atoms with Crippen LogP contribution in [0.15, 0.2) is 24.3 Å². The highest BCUT2D eigenvalue weighted by Crippen LogP contribution is 2.50. The first-order chi connectivity index (χ1) is 18.5. The van der Waals surface area contributed by atoms with Gasteiger partial charge in [-0.15, -0.1) is 0 Å². The summed E-state index contributed by atoms with van der Waals surface area (Å²) >= 11 is 0. The second-order valence-electron chi connectivity index (χ2n) is 9.10. The lowest BCUT2D eigenvalue weighted by Crippen LogP contribution is -2.40. The van der Waals surface area contributed by atoms with Gasteiger partial charge in [0.15, 0.2) is 11.5 Å². The highest BCUT2D eigenvalue weighted by Gasteiger charge is 2.30. The predicted octanol–water partition coefficient (Wildman–Crippen LogP) is 3.74. The molecule has 0 unspecified atom stereocenters. The number of morpholine rings is 1. The fraction of sp³-hybridized carbons (Fsp3) is 0.500. The largest absolute Gasteiger partial charge is 0.497 e. The molecule has 2 amide bonds. The fourth-order valence-corrected chi connectivity index (χ4v) is 5.03. The van der Waals surface area contributed by atoms with Crippen LogP contribution in [-0.2, 0) is 20.7 Å². The van der Waals surface area contributed by atoms with Crippen molar-refractivity contribution in [3.05, 3.63) is 35.4 Å². The number of nitrogens with zero attached hydrogens (tertiary/aromatic N) is 1. The van der Waals surface area contributed by atoms with Crippen molar-refractivity contribution in [2.75, 3.05) is 61.3 Å². The average molecular weight is 529 g/mol. The fourth-order valence-electron chi connectivity index (χ4n) is 5.03. The summed E-state index contributed by atoms with van der Waals surface area (Å²) in [5.74, 6) is 2.39. The molecule has 0 saturated carbocycles. The zero-order valence-electron chi connectivity index (χ0n) is 22.5. The normalized spacial score (nSPS) is 16.4. The van der Waals surface area contributed by atoms with E-state index in [1.807, 2.05) is 24.3 Å². The molecule has 1 aliphatic heterocycles. The molecule has 0 bridgehead atoms. The van der Waals surface area contributed by atoms with Crippen molar-refractivity contribution in [2.45, 2.75) is 31.7 Å². The topological polar surface area (TPSA) is 105 Å². The molecule has 2 aromatic rings. The summed E-state index contributed by atoms with van der Waals surface area (Å²) in [4.78, 5) is 26.9. The molecule has 1 heterocycles. The number of carbonyl (C=O) groups excluding carboxylic acids is 2. The van der Waals surface area contributed by atoms with E-state index in [2.05, 4.69) is 5.32 Å². The molecule has 1 atom stereocenters. The summed E-state index contributed by atoms with van der Waals surface area (Å²) < 4.78 is 33.2. The molecule has 0 spiro atoms. The minimum atomic E-state index is -0.532. The van der Waals surface area contributed by atoms with E-state index in [9.17, 15) is 9.59 Å². The standard InChI is InChI=1S/C28H36N2O8/c1-33-19-8-9-20-21(17-19)22(10-7-18-16-23(34-2)26(35-3)27(36-4)25(18)20)29-28(32)38-13-5-6-24(31)30-11-14-37-15-12-30/h8-9,16-17,22H,5-7,10-15H2,1-4H3,(H,29,32)/t22-/m0/s1. The molecule has 0 aromatic heterocycles. The zero-order valence-corrected chi connectivity index (χ0v) is 22.5. The van der Waals surface area contributed by atoms with Gasteiger partial charge < -0.3 is 38.6 Å². The van der Waals surface area contributed by atoms with Crippen LogP contribution in [0.3, 0.4) is 0 Å². The Hall–Kier alpha value is -3.66. The summed E-state index contributed by atoms with van der Waals surface area (Å²) in [6.07, 6.45) is 1.53. The summed E-state index contributed by atoms with van der Waals surface area (Å²) in [7, 11) is 6.37. The van der Waals surface area contributed by atoms with Gasteiger partial charge in [0, 0.05) is 25.1 Å². The molecule has 1 N–H and O–H groups in total. The van der Waals surface area contributed by atoms with E-state index in [-0.39, 0.29) is 18.6 Å². The number of aryl methyl sites for hydroxylation is 1. The molecule has 38 heavy (non-hydrogen) atoms. The lowest BCUT2D eigenvalue weighted by Gasteiger charge is -2.26. The maximum Gasteiger partial charge on any atom is 0.407 e. The number of ether oxygens (including phenoxy) is 6. The molecule has 10 nitrogen and oxygen atoms in total. The van der Waals surface area contributed by atoms with Crippen molar-refractivity contribution < 1.29 is 38.0 Å². The van der Waals surface area contributed by atoms with Crippen molar-refractivity contribution in [1.29, 1.82) is 0 Å². The van der Waals surface area contributed by atoms with Gasteiger partial charge in [-0.1, -0.05) is 6.07 Å². The van der Waals surface area contributed by atoms with E-state index in [4.69, 9.17) is 28.4 Å². The Bertz CT molecular complexity index is 1150. The van der Waals surface area contributed by atoms with E-state index in [0.29, 0.717) is 75.0 Å². The first kappa shape index (κ1) is 27.4. The summed E-state index contributed by atoms with van der Waals surface area (Å²) in [6, 6.07) is 7.38. The molecule has 206 valence electrons. The third kappa shape index (κ3) is 5.91. The quantitative estimate of drug-likeness (QED) is 0.491. The van der Waals surface area contributed by atoms with Gasteiger partial charge >= 0.3 is 6.09 Å².